The molecule has 0 aliphatic heterocycles. The van der Waals surface area contributed by atoms with E-state index in [0.29, 0.717) is 5.92 Å². The number of hydrogen-bond donors (Lipinski definition) is 0. The van der Waals surface area contributed by atoms with Crippen LogP contribution >= 0.6 is 0 Å². The Morgan fingerprint density at radius 1 is 0.862 bits per heavy atom. The van der Waals surface area contributed by atoms with E-state index in [4.69, 9.17) is 0 Å². The van der Waals surface area contributed by atoms with Crippen LogP contribution < -0.4 is 4.57 Å². The quantitative estimate of drug-likeness (QED) is 0.268. The van der Waals surface area contributed by atoms with E-state index in [1.165, 1.54) is 48.3 Å². The smallest absolute Gasteiger partial charge is 0.234 e. The molecule has 0 saturated heterocycles. The Bertz CT molecular complexity index is 849. The van der Waals surface area contributed by atoms with Crippen molar-refractivity contribution in [1.29, 1.82) is 0 Å². The SMILES string of the molecule is CCCCCC[n+]1cc(CC(C)c2ccccc2)n(CC)c1Cc1ccccc1. The summed E-state index contributed by atoms with van der Waals surface area (Å²) in [5.41, 5.74) is 4.28. The van der Waals surface area contributed by atoms with Crippen LogP contribution in [0.1, 0.15) is 75.0 Å². The van der Waals surface area contributed by atoms with Gasteiger partial charge in [-0.05, 0) is 36.8 Å². The van der Waals surface area contributed by atoms with Gasteiger partial charge >= 0.3 is 0 Å². The van der Waals surface area contributed by atoms with Crippen molar-refractivity contribution < 1.29 is 4.57 Å². The highest BCUT2D eigenvalue weighted by molar-refractivity contribution is 5.22. The van der Waals surface area contributed by atoms with Crippen molar-refractivity contribution in [2.75, 3.05) is 0 Å². The molecular formula is C27H37N2+. The molecule has 29 heavy (non-hydrogen) atoms. The zero-order valence-corrected chi connectivity index (χ0v) is 18.5. The lowest BCUT2D eigenvalue weighted by molar-refractivity contribution is -0.704. The van der Waals surface area contributed by atoms with Crippen LogP contribution in [0.25, 0.3) is 0 Å². The average Bonchev–Trinajstić information content (AvgIpc) is 3.08. The second kappa shape index (κ2) is 11.0. The lowest BCUT2D eigenvalue weighted by atomic mass is 9.96. The second-order valence-electron chi connectivity index (χ2n) is 8.21. The molecule has 0 radical (unpaired) electrons. The molecule has 0 amide bonds. The molecule has 0 fully saturated rings. The molecule has 0 aliphatic carbocycles. The zero-order chi connectivity index (χ0) is 20.5. The minimum absolute atomic E-state index is 0.523. The van der Waals surface area contributed by atoms with Crippen molar-refractivity contribution in [3.63, 3.8) is 0 Å². The molecule has 1 aromatic heterocycles. The van der Waals surface area contributed by atoms with E-state index in [2.05, 4.69) is 96.8 Å². The van der Waals surface area contributed by atoms with Crippen molar-refractivity contribution in [3.8, 4) is 0 Å². The van der Waals surface area contributed by atoms with Crippen LogP contribution in [0.15, 0.2) is 66.9 Å². The van der Waals surface area contributed by atoms with Crippen LogP contribution in [0.4, 0.5) is 0 Å². The molecule has 154 valence electrons. The van der Waals surface area contributed by atoms with Gasteiger partial charge in [-0.2, -0.15) is 0 Å². The third-order valence-electron chi connectivity index (χ3n) is 5.95. The molecule has 2 heteroatoms. The van der Waals surface area contributed by atoms with Crippen molar-refractivity contribution in [2.45, 2.75) is 78.3 Å². The fourth-order valence-corrected chi connectivity index (χ4v) is 4.28. The molecule has 2 nitrogen and oxygen atoms in total. The summed E-state index contributed by atoms with van der Waals surface area (Å²) in [7, 11) is 0. The highest BCUT2D eigenvalue weighted by atomic mass is 15.2. The number of unbranched alkanes of at least 4 members (excludes halogenated alkanes) is 3. The van der Waals surface area contributed by atoms with Crippen molar-refractivity contribution in [1.82, 2.24) is 4.57 Å². The predicted octanol–water partition coefficient (Wildman–Crippen LogP) is 6.31. The predicted molar refractivity (Wildman–Crippen MR) is 122 cm³/mol. The maximum atomic E-state index is 2.56. The molecule has 0 aliphatic rings. The van der Waals surface area contributed by atoms with E-state index in [9.17, 15) is 0 Å². The fourth-order valence-electron chi connectivity index (χ4n) is 4.28. The summed E-state index contributed by atoms with van der Waals surface area (Å²) in [6.07, 6.45) is 9.73. The highest BCUT2D eigenvalue weighted by Gasteiger charge is 2.24. The number of rotatable bonds is 11. The van der Waals surface area contributed by atoms with E-state index >= 15 is 0 Å². The van der Waals surface area contributed by atoms with Gasteiger partial charge in [0.25, 0.3) is 5.82 Å². The molecule has 0 spiro atoms. The Kier molecular flexibility index (Phi) is 8.10. The van der Waals surface area contributed by atoms with Gasteiger partial charge in [-0.1, -0.05) is 87.4 Å². The van der Waals surface area contributed by atoms with Crippen LogP contribution in [0.2, 0.25) is 0 Å². The summed E-state index contributed by atoms with van der Waals surface area (Å²) >= 11 is 0. The van der Waals surface area contributed by atoms with Crippen LogP contribution in [-0.2, 0) is 25.9 Å². The minimum atomic E-state index is 0.523. The van der Waals surface area contributed by atoms with Crippen LogP contribution in [-0.4, -0.2) is 4.57 Å². The third kappa shape index (κ3) is 5.82. The van der Waals surface area contributed by atoms with Crippen LogP contribution in [0.3, 0.4) is 0 Å². The first-order valence-corrected chi connectivity index (χ1v) is 11.4. The molecule has 3 aromatic rings. The summed E-state index contributed by atoms with van der Waals surface area (Å²) < 4.78 is 5.10. The van der Waals surface area contributed by atoms with Crippen LogP contribution in [0.5, 0.6) is 0 Å². The Morgan fingerprint density at radius 3 is 2.21 bits per heavy atom. The van der Waals surface area contributed by atoms with Crippen molar-refractivity contribution in [2.24, 2.45) is 0 Å². The molecule has 2 aromatic carbocycles. The Balaban J connectivity index is 1.86. The molecule has 1 atom stereocenters. The van der Waals surface area contributed by atoms with Gasteiger partial charge < -0.3 is 0 Å². The van der Waals surface area contributed by atoms with Gasteiger partial charge in [-0.15, -0.1) is 0 Å². The topological polar surface area (TPSA) is 8.81 Å². The Hall–Kier alpha value is -2.35. The molecule has 0 saturated carbocycles. The summed E-state index contributed by atoms with van der Waals surface area (Å²) in [5.74, 6) is 1.97. The molecular weight excluding hydrogens is 352 g/mol. The molecule has 0 bridgehead atoms. The average molecular weight is 390 g/mol. The molecule has 3 rings (SSSR count). The van der Waals surface area contributed by atoms with E-state index in [-0.39, 0.29) is 0 Å². The van der Waals surface area contributed by atoms with Crippen molar-refractivity contribution in [3.05, 3.63) is 89.5 Å². The Morgan fingerprint density at radius 2 is 1.55 bits per heavy atom. The number of nitrogens with zero attached hydrogens (tertiary/aromatic N) is 2. The maximum Gasteiger partial charge on any atom is 0.261 e. The maximum absolute atomic E-state index is 2.56. The number of aromatic nitrogens is 2. The van der Waals surface area contributed by atoms with Gasteiger partial charge in [-0.25, -0.2) is 9.13 Å². The molecule has 1 heterocycles. The molecule has 0 N–H and O–H groups in total. The van der Waals surface area contributed by atoms with E-state index in [1.807, 2.05) is 0 Å². The summed E-state index contributed by atoms with van der Waals surface area (Å²) in [6.45, 7) is 9.07. The number of hydrogen-bond acceptors (Lipinski definition) is 0. The normalized spacial score (nSPS) is 12.2. The lowest BCUT2D eigenvalue weighted by Crippen LogP contribution is -2.37. The highest BCUT2D eigenvalue weighted by Crippen LogP contribution is 2.21. The standard InChI is InChI=1S/C27H37N2/c1-4-6-7-14-19-28-22-26(20-23(3)25-17-12-9-13-18-25)29(5-2)27(28)21-24-15-10-8-11-16-24/h8-13,15-18,22-23H,4-7,14,19-21H2,1-3H3/q+1. The third-order valence-corrected chi connectivity index (χ3v) is 5.95. The monoisotopic (exact) mass is 389 g/mol. The number of imidazole rings is 1. The number of aryl methyl sites for hydroxylation is 1. The molecule has 1 unspecified atom stereocenters. The minimum Gasteiger partial charge on any atom is -0.234 e. The summed E-state index contributed by atoms with van der Waals surface area (Å²) in [4.78, 5) is 0. The van der Waals surface area contributed by atoms with E-state index < -0.39 is 0 Å². The van der Waals surface area contributed by atoms with E-state index in [0.717, 1.165) is 25.9 Å². The lowest BCUT2D eigenvalue weighted by Gasteiger charge is -2.11. The first-order chi connectivity index (χ1) is 14.2. The number of benzene rings is 2. The van der Waals surface area contributed by atoms with Crippen molar-refractivity contribution >= 4 is 0 Å². The first kappa shape index (κ1) is 21.4. The van der Waals surface area contributed by atoms with Crippen LogP contribution in [0, 0.1) is 0 Å². The van der Waals surface area contributed by atoms with E-state index in [1.54, 1.807) is 0 Å². The fraction of sp³-hybridized carbons (Fsp3) is 0.444. The van der Waals surface area contributed by atoms with Gasteiger partial charge in [-0.3, -0.25) is 0 Å². The van der Waals surface area contributed by atoms with Gasteiger partial charge in [0.15, 0.2) is 0 Å². The first-order valence-electron chi connectivity index (χ1n) is 11.4. The summed E-state index contributed by atoms with van der Waals surface area (Å²) in [6, 6.07) is 21.8. The Labute approximate surface area is 177 Å². The van der Waals surface area contributed by atoms with Gasteiger partial charge in [0.1, 0.15) is 11.9 Å². The zero-order valence-electron chi connectivity index (χ0n) is 18.5. The summed E-state index contributed by atoms with van der Waals surface area (Å²) in [5, 5.41) is 0. The largest absolute Gasteiger partial charge is 0.261 e. The van der Waals surface area contributed by atoms with Gasteiger partial charge in [0, 0.05) is 6.42 Å². The van der Waals surface area contributed by atoms with Gasteiger partial charge in [0.2, 0.25) is 0 Å². The van der Waals surface area contributed by atoms with Gasteiger partial charge in [0.05, 0.1) is 19.5 Å². The second-order valence-corrected chi connectivity index (χ2v) is 8.21.